The maximum atomic E-state index is 11.7. The van der Waals surface area contributed by atoms with Gasteiger partial charge in [-0.1, -0.05) is 12.1 Å². The number of β-amino-alcohol motifs (C(OH)–C–C–N with tert-alkyl or cyclic N) is 1. The van der Waals surface area contributed by atoms with E-state index in [0.29, 0.717) is 18.7 Å². The number of aliphatic hydroxyl groups is 1. The van der Waals surface area contributed by atoms with Crippen molar-refractivity contribution in [3.05, 3.63) is 29.8 Å². The minimum Gasteiger partial charge on any atom is -0.465 e. The van der Waals surface area contributed by atoms with Crippen LogP contribution < -0.4 is 10.2 Å². The summed E-state index contributed by atoms with van der Waals surface area (Å²) in [6, 6.07) is 7.31. The molecule has 5 heteroatoms. The van der Waals surface area contributed by atoms with Gasteiger partial charge in [-0.05, 0) is 12.1 Å². The number of aliphatic hydroxyl groups excluding tert-OH is 1. The fourth-order valence-corrected chi connectivity index (χ4v) is 2.14. The van der Waals surface area contributed by atoms with E-state index in [2.05, 4.69) is 5.32 Å². The fraction of sp³-hybridized carbons (Fsp3) is 0.462. The Kier molecular flexibility index (Phi) is 4.17. The highest BCUT2D eigenvalue weighted by Crippen LogP contribution is 2.21. The molecule has 5 nitrogen and oxygen atoms in total. The fourth-order valence-electron chi connectivity index (χ4n) is 2.14. The Morgan fingerprint density at radius 3 is 3.06 bits per heavy atom. The van der Waals surface area contributed by atoms with Crippen molar-refractivity contribution in [2.24, 2.45) is 0 Å². The number of carbonyl (C=O) groups is 1. The number of rotatable bonds is 2. The largest absolute Gasteiger partial charge is 0.465 e. The van der Waals surface area contributed by atoms with Crippen LogP contribution in [0.2, 0.25) is 0 Å². The monoisotopic (exact) mass is 250 g/mol. The van der Waals surface area contributed by atoms with Gasteiger partial charge in [-0.3, -0.25) is 0 Å². The number of ether oxygens (including phenoxy) is 1. The molecule has 18 heavy (non-hydrogen) atoms. The lowest BCUT2D eigenvalue weighted by Gasteiger charge is -2.25. The Hall–Kier alpha value is -1.59. The zero-order chi connectivity index (χ0) is 13.0. The summed E-state index contributed by atoms with van der Waals surface area (Å²) in [5.41, 5.74) is 1.35. The highest BCUT2D eigenvalue weighted by molar-refractivity contribution is 5.95. The van der Waals surface area contributed by atoms with Crippen LogP contribution in [0.15, 0.2) is 24.3 Å². The van der Waals surface area contributed by atoms with Gasteiger partial charge in [0, 0.05) is 26.2 Å². The second-order valence-corrected chi connectivity index (χ2v) is 4.31. The summed E-state index contributed by atoms with van der Waals surface area (Å²) in [6.45, 7) is 2.63. The normalized spacial score (nSPS) is 20.3. The number of hydrogen-bond acceptors (Lipinski definition) is 5. The molecule has 0 aliphatic carbocycles. The zero-order valence-electron chi connectivity index (χ0n) is 10.4. The molecule has 1 saturated heterocycles. The van der Waals surface area contributed by atoms with Gasteiger partial charge in [0.25, 0.3) is 0 Å². The number of anilines is 1. The van der Waals surface area contributed by atoms with Crippen molar-refractivity contribution in [1.29, 1.82) is 0 Å². The number of methoxy groups -OCH3 is 1. The molecule has 98 valence electrons. The van der Waals surface area contributed by atoms with Crippen molar-refractivity contribution in [3.8, 4) is 0 Å². The molecule has 1 atom stereocenters. The van der Waals surface area contributed by atoms with Gasteiger partial charge in [-0.15, -0.1) is 0 Å². The van der Waals surface area contributed by atoms with Crippen LogP contribution in [0.25, 0.3) is 0 Å². The number of para-hydroxylation sites is 1. The number of benzene rings is 1. The summed E-state index contributed by atoms with van der Waals surface area (Å²) in [4.78, 5) is 13.7. The van der Waals surface area contributed by atoms with Crippen molar-refractivity contribution >= 4 is 11.7 Å². The van der Waals surface area contributed by atoms with E-state index >= 15 is 0 Å². The van der Waals surface area contributed by atoms with E-state index in [9.17, 15) is 9.90 Å². The lowest BCUT2D eigenvalue weighted by molar-refractivity contribution is 0.0601. The predicted molar refractivity (Wildman–Crippen MR) is 68.9 cm³/mol. The summed E-state index contributed by atoms with van der Waals surface area (Å²) < 4.78 is 4.78. The van der Waals surface area contributed by atoms with Gasteiger partial charge in [0.15, 0.2) is 0 Å². The van der Waals surface area contributed by atoms with E-state index in [1.807, 2.05) is 23.1 Å². The Morgan fingerprint density at radius 1 is 1.50 bits per heavy atom. The van der Waals surface area contributed by atoms with Crippen molar-refractivity contribution < 1.29 is 14.6 Å². The molecular weight excluding hydrogens is 232 g/mol. The summed E-state index contributed by atoms with van der Waals surface area (Å²) in [5, 5.41) is 12.9. The summed E-state index contributed by atoms with van der Waals surface area (Å²) >= 11 is 0. The van der Waals surface area contributed by atoms with Gasteiger partial charge in [0.2, 0.25) is 0 Å². The first-order valence-corrected chi connectivity index (χ1v) is 6.03. The van der Waals surface area contributed by atoms with Crippen LogP contribution in [0, 0.1) is 0 Å². The third-order valence-electron chi connectivity index (χ3n) is 3.02. The lowest BCUT2D eigenvalue weighted by Crippen LogP contribution is -2.33. The van der Waals surface area contributed by atoms with Crippen molar-refractivity contribution in [1.82, 2.24) is 5.32 Å². The van der Waals surface area contributed by atoms with E-state index in [1.54, 1.807) is 6.07 Å². The smallest absolute Gasteiger partial charge is 0.339 e. The Labute approximate surface area is 106 Å². The first kappa shape index (κ1) is 12.9. The Bertz CT molecular complexity index is 422. The summed E-state index contributed by atoms with van der Waals surface area (Å²) in [6.07, 6.45) is -0.432. The SMILES string of the molecule is COC(=O)c1ccccc1N1CCNCC(O)C1. The maximum absolute atomic E-state index is 11.7. The second-order valence-electron chi connectivity index (χ2n) is 4.31. The number of esters is 1. The first-order valence-electron chi connectivity index (χ1n) is 6.03. The van der Waals surface area contributed by atoms with E-state index in [-0.39, 0.29) is 5.97 Å². The van der Waals surface area contributed by atoms with Gasteiger partial charge in [0.1, 0.15) is 0 Å². The molecule has 1 aromatic rings. The van der Waals surface area contributed by atoms with E-state index in [1.165, 1.54) is 7.11 Å². The number of nitrogens with one attached hydrogen (secondary N) is 1. The highest BCUT2D eigenvalue weighted by Gasteiger charge is 2.20. The molecule has 1 aliphatic rings. The molecule has 1 aromatic carbocycles. The number of nitrogens with zero attached hydrogens (tertiary/aromatic N) is 1. The highest BCUT2D eigenvalue weighted by atomic mass is 16.5. The topological polar surface area (TPSA) is 61.8 Å². The van der Waals surface area contributed by atoms with Crippen LogP contribution in [0.5, 0.6) is 0 Å². The molecule has 1 unspecified atom stereocenters. The van der Waals surface area contributed by atoms with Gasteiger partial charge >= 0.3 is 5.97 Å². The molecule has 2 N–H and O–H groups in total. The van der Waals surface area contributed by atoms with Gasteiger partial charge in [-0.2, -0.15) is 0 Å². The van der Waals surface area contributed by atoms with Gasteiger partial charge in [-0.25, -0.2) is 4.79 Å². The number of hydrogen-bond donors (Lipinski definition) is 2. The molecule has 1 fully saturated rings. The zero-order valence-corrected chi connectivity index (χ0v) is 10.4. The average molecular weight is 250 g/mol. The molecule has 0 spiro atoms. The van der Waals surface area contributed by atoms with E-state index in [4.69, 9.17) is 4.74 Å². The standard InChI is InChI=1S/C13H18N2O3/c1-18-13(17)11-4-2-3-5-12(11)15-7-6-14-8-10(16)9-15/h2-5,10,14,16H,6-9H2,1H3. The van der Waals surface area contributed by atoms with Crippen molar-refractivity contribution in [3.63, 3.8) is 0 Å². The molecule has 1 aliphatic heterocycles. The van der Waals surface area contributed by atoms with E-state index < -0.39 is 6.10 Å². The Balaban J connectivity index is 2.28. The van der Waals surface area contributed by atoms with Crippen LogP contribution in [0.1, 0.15) is 10.4 Å². The molecule has 0 bridgehead atoms. The minimum atomic E-state index is -0.432. The van der Waals surface area contributed by atoms with Crippen molar-refractivity contribution in [2.45, 2.75) is 6.10 Å². The van der Waals surface area contributed by atoms with Crippen LogP contribution in [-0.2, 0) is 4.74 Å². The van der Waals surface area contributed by atoms with Crippen LogP contribution in [0.3, 0.4) is 0 Å². The third-order valence-corrected chi connectivity index (χ3v) is 3.02. The molecule has 0 aromatic heterocycles. The predicted octanol–water partition coefficient (Wildman–Crippen LogP) is 0.244. The molecule has 0 saturated carbocycles. The average Bonchev–Trinajstić information content (AvgIpc) is 2.62. The lowest BCUT2D eigenvalue weighted by atomic mass is 10.1. The number of carbonyl (C=O) groups excluding carboxylic acids is 1. The second kappa shape index (κ2) is 5.84. The van der Waals surface area contributed by atoms with Gasteiger partial charge < -0.3 is 20.1 Å². The molecule has 2 rings (SSSR count). The van der Waals surface area contributed by atoms with E-state index in [0.717, 1.165) is 18.8 Å². The first-order chi connectivity index (χ1) is 8.72. The molecular formula is C13H18N2O3. The minimum absolute atomic E-state index is 0.350. The molecule has 0 radical (unpaired) electrons. The maximum Gasteiger partial charge on any atom is 0.339 e. The molecule has 0 amide bonds. The summed E-state index contributed by atoms with van der Waals surface area (Å²) in [7, 11) is 1.37. The molecule has 1 heterocycles. The van der Waals surface area contributed by atoms with Crippen LogP contribution >= 0.6 is 0 Å². The Morgan fingerprint density at radius 2 is 2.28 bits per heavy atom. The third kappa shape index (κ3) is 2.80. The van der Waals surface area contributed by atoms with Crippen LogP contribution in [0.4, 0.5) is 5.69 Å². The quantitative estimate of drug-likeness (QED) is 0.736. The summed E-state index contributed by atoms with van der Waals surface area (Å²) in [5.74, 6) is -0.350. The van der Waals surface area contributed by atoms with Crippen LogP contribution in [-0.4, -0.2) is 50.5 Å². The van der Waals surface area contributed by atoms with Crippen molar-refractivity contribution in [2.75, 3.05) is 38.2 Å². The van der Waals surface area contributed by atoms with Gasteiger partial charge in [0.05, 0.1) is 24.5 Å².